The molecule has 0 aliphatic heterocycles. The molecule has 2 nitrogen and oxygen atoms in total. The van der Waals surface area contributed by atoms with Crippen LogP contribution in [-0.2, 0) is 0 Å². The van der Waals surface area contributed by atoms with Crippen molar-refractivity contribution in [3.63, 3.8) is 0 Å². The quantitative estimate of drug-likeness (QED) is 0.517. The number of carbonyl (C=O) groups is 1. The van der Waals surface area contributed by atoms with Crippen molar-refractivity contribution in [2.45, 2.75) is 6.92 Å². The van der Waals surface area contributed by atoms with E-state index in [-0.39, 0.29) is 5.76 Å². The third kappa shape index (κ3) is 2.20. The molecule has 0 amide bonds. The van der Waals surface area contributed by atoms with E-state index in [0.29, 0.717) is 17.0 Å². The number of ketones is 1. The van der Waals surface area contributed by atoms with E-state index in [1.165, 1.54) is 6.07 Å². The SMILES string of the molecule is Cc1ccc2oc(C(=O)c3ccc(F)c(F)c3F)cc2c1. The van der Waals surface area contributed by atoms with Crippen LogP contribution in [-0.4, -0.2) is 5.78 Å². The molecule has 0 aliphatic carbocycles. The number of fused-ring (bicyclic) bond motifs is 1. The van der Waals surface area contributed by atoms with Crippen LogP contribution in [0, 0.1) is 24.4 Å². The van der Waals surface area contributed by atoms with Gasteiger partial charge in [-0.15, -0.1) is 0 Å². The van der Waals surface area contributed by atoms with Gasteiger partial charge >= 0.3 is 0 Å². The van der Waals surface area contributed by atoms with E-state index in [4.69, 9.17) is 4.42 Å². The molecule has 0 unspecified atom stereocenters. The first-order valence-electron chi connectivity index (χ1n) is 6.16. The number of hydrogen-bond acceptors (Lipinski definition) is 2. The zero-order chi connectivity index (χ0) is 15.1. The van der Waals surface area contributed by atoms with Gasteiger partial charge in [-0.05, 0) is 37.3 Å². The summed E-state index contributed by atoms with van der Waals surface area (Å²) >= 11 is 0. The molecule has 1 heterocycles. The summed E-state index contributed by atoms with van der Waals surface area (Å²) in [5.74, 6) is -5.49. The highest BCUT2D eigenvalue weighted by Gasteiger charge is 2.22. The summed E-state index contributed by atoms with van der Waals surface area (Å²) in [5.41, 5.74) is 0.873. The number of halogens is 3. The fourth-order valence-corrected chi connectivity index (χ4v) is 2.11. The largest absolute Gasteiger partial charge is 0.453 e. The van der Waals surface area contributed by atoms with Gasteiger partial charge in [0.1, 0.15) is 5.58 Å². The average Bonchev–Trinajstić information content (AvgIpc) is 2.87. The van der Waals surface area contributed by atoms with Gasteiger partial charge in [-0.1, -0.05) is 11.6 Å². The van der Waals surface area contributed by atoms with Crippen molar-refractivity contribution in [2.75, 3.05) is 0 Å². The Balaban J connectivity index is 2.10. The number of hydrogen-bond donors (Lipinski definition) is 0. The van der Waals surface area contributed by atoms with Gasteiger partial charge in [0.05, 0.1) is 5.56 Å². The molecule has 106 valence electrons. The van der Waals surface area contributed by atoms with Crippen LogP contribution >= 0.6 is 0 Å². The van der Waals surface area contributed by atoms with Crippen LogP contribution in [0.15, 0.2) is 40.8 Å². The summed E-state index contributed by atoms with van der Waals surface area (Å²) in [5, 5.41) is 0.682. The van der Waals surface area contributed by atoms with Crippen LogP contribution < -0.4 is 0 Å². The Kier molecular flexibility index (Phi) is 3.05. The average molecular weight is 290 g/mol. The maximum Gasteiger partial charge on any atom is 0.231 e. The minimum atomic E-state index is -1.67. The lowest BCUT2D eigenvalue weighted by atomic mass is 10.1. The molecule has 5 heteroatoms. The third-order valence-corrected chi connectivity index (χ3v) is 3.18. The van der Waals surface area contributed by atoms with E-state index >= 15 is 0 Å². The zero-order valence-corrected chi connectivity index (χ0v) is 10.9. The summed E-state index contributed by atoms with van der Waals surface area (Å²) in [4.78, 5) is 12.2. The predicted octanol–water partition coefficient (Wildman–Crippen LogP) is 4.39. The minimum Gasteiger partial charge on any atom is -0.453 e. The summed E-state index contributed by atoms with van der Waals surface area (Å²) in [6, 6.07) is 8.34. The lowest BCUT2D eigenvalue weighted by Crippen LogP contribution is -2.06. The van der Waals surface area contributed by atoms with E-state index in [1.807, 2.05) is 6.92 Å². The van der Waals surface area contributed by atoms with Gasteiger partial charge in [0.25, 0.3) is 0 Å². The zero-order valence-electron chi connectivity index (χ0n) is 10.9. The monoisotopic (exact) mass is 290 g/mol. The highest BCUT2D eigenvalue weighted by molar-refractivity contribution is 6.09. The lowest BCUT2D eigenvalue weighted by molar-refractivity contribution is 0.101. The van der Waals surface area contributed by atoms with Crippen LogP contribution in [0.2, 0.25) is 0 Å². The molecule has 0 atom stereocenters. The maximum atomic E-state index is 13.6. The first kappa shape index (κ1) is 13.4. The molecule has 0 saturated carbocycles. The Bertz CT molecular complexity index is 865. The summed E-state index contributed by atoms with van der Waals surface area (Å²) in [6.07, 6.45) is 0. The summed E-state index contributed by atoms with van der Waals surface area (Å²) in [6.45, 7) is 1.88. The van der Waals surface area contributed by atoms with Gasteiger partial charge in [-0.2, -0.15) is 0 Å². The smallest absolute Gasteiger partial charge is 0.231 e. The Morgan fingerprint density at radius 1 is 1.00 bits per heavy atom. The molecule has 0 aliphatic rings. The molecule has 1 aromatic heterocycles. The molecule has 0 radical (unpaired) electrons. The first-order chi connectivity index (χ1) is 9.97. The molecule has 21 heavy (non-hydrogen) atoms. The number of benzene rings is 2. The van der Waals surface area contributed by atoms with Crippen molar-refractivity contribution < 1.29 is 22.4 Å². The van der Waals surface area contributed by atoms with Crippen LogP contribution in [0.3, 0.4) is 0 Å². The van der Waals surface area contributed by atoms with Crippen LogP contribution in [0.1, 0.15) is 21.7 Å². The highest BCUT2D eigenvalue weighted by Crippen LogP contribution is 2.24. The molecule has 0 N–H and O–H groups in total. The van der Waals surface area contributed by atoms with Crippen LogP contribution in [0.25, 0.3) is 11.0 Å². The van der Waals surface area contributed by atoms with E-state index in [1.54, 1.807) is 18.2 Å². The molecule has 0 saturated heterocycles. The standard InChI is InChI=1S/C16H9F3O2/c1-8-2-5-12-9(6-8)7-13(21-12)16(20)10-3-4-11(17)15(19)14(10)18/h2-7H,1H3. The van der Waals surface area contributed by atoms with Gasteiger partial charge in [0, 0.05) is 5.39 Å². The molecule has 0 spiro atoms. The molecule has 0 fully saturated rings. The maximum absolute atomic E-state index is 13.6. The highest BCUT2D eigenvalue weighted by atomic mass is 19.2. The Hall–Kier alpha value is -2.56. The van der Waals surface area contributed by atoms with E-state index in [0.717, 1.165) is 11.6 Å². The van der Waals surface area contributed by atoms with Gasteiger partial charge in [0.2, 0.25) is 5.78 Å². The van der Waals surface area contributed by atoms with Crippen molar-refractivity contribution in [3.8, 4) is 0 Å². The van der Waals surface area contributed by atoms with E-state index < -0.39 is 28.8 Å². The topological polar surface area (TPSA) is 30.2 Å². The fraction of sp³-hybridized carbons (Fsp3) is 0.0625. The Morgan fingerprint density at radius 3 is 2.52 bits per heavy atom. The Morgan fingerprint density at radius 2 is 1.76 bits per heavy atom. The summed E-state index contributed by atoms with van der Waals surface area (Å²) < 4.78 is 45.1. The van der Waals surface area contributed by atoms with Gasteiger partial charge in [-0.3, -0.25) is 4.79 Å². The normalized spacial score (nSPS) is 11.0. The minimum absolute atomic E-state index is 0.125. The number of furan rings is 1. The second kappa shape index (κ2) is 4.77. The molecule has 3 aromatic rings. The van der Waals surface area contributed by atoms with Crippen LogP contribution in [0.5, 0.6) is 0 Å². The number of carbonyl (C=O) groups excluding carboxylic acids is 1. The molecule has 3 rings (SSSR count). The van der Waals surface area contributed by atoms with Gasteiger partial charge in [0.15, 0.2) is 23.2 Å². The number of aryl methyl sites for hydroxylation is 1. The van der Waals surface area contributed by atoms with Gasteiger partial charge < -0.3 is 4.42 Å². The van der Waals surface area contributed by atoms with Crippen LogP contribution in [0.4, 0.5) is 13.2 Å². The van der Waals surface area contributed by atoms with Crippen molar-refractivity contribution in [3.05, 3.63) is 70.7 Å². The molecular formula is C16H9F3O2. The second-order valence-electron chi connectivity index (χ2n) is 4.70. The number of rotatable bonds is 2. The fourth-order valence-electron chi connectivity index (χ4n) is 2.11. The lowest BCUT2D eigenvalue weighted by Gasteiger charge is -2.01. The van der Waals surface area contributed by atoms with Crippen molar-refractivity contribution in [1.82, 2.24) is 0 Å². The van der Waals surface area contributed by atoms with E-state index in [9.17, 15) is 18.0 Å². The predicted molar refractivity (Wildman–Crippen MR) is 70.7 cm³/mol. The summed E-state index contributed by atoms with van der Waals surface area (Å²) in [7, 11) is 0. The van der Waals surface area contributed by atoms with Crippen molar-refractivity contribution in [1.29, 1.82) is 0 Å². The molecule has 0 bridgehead atoms. The second-order valence-corrected chi connectivity index (χ2v) is 4.70. The Labute approximate surface area is 117 Å². The third-order valence-electron chi connectivity index (χ3n) is 3.18. The molecule has 2 aromatic carbocycles. The molecular weight excluding hydrogens is 281 g/mol. The van der Waals surface area contributed by atoms with E-state index in [2.05, 4.69) is 0 Å². The van der Waals surface area contributed by atoms with Crippen molar-refractivity contribution >= 4 is 16.8 Å². The first-order valence-corrected chi connectivity index (χ1v) is 6.16. The van der Waals surface area contributed by atoms with Crippen molar-refractivity contribution in [2.24, 2.45) is 0 Å². The van der Waals surface area contributed by atoms with Gasteiger partial charge in [-0.25, -0.2) is 13.2 Å².